The molecule has 1 aromatic carbocycles. The molecule has 23 heavy (non-hydrogen) atoms. The predicted molar refractivity (Wildman–Crippen MR) is 85.1 cm³/mol. The Morgan fingerprint density at radius 3 is 2.43 bits per heavy atom. The largest absolute Gasteiger partial charge is 0.416 e. The van der Waals surface area contributed by atoms with Crippen LogP contribution in [0.25, 0.3) is 5.65 Å². The minimum atomic E-state index is -4.35. The summed E-state index contributed by atoms with van der Waals surface area (Å²) in [6.07, 6.45) is -4.35. The number of aromatic nitrogens is 3. The standard InChI is InChI=1S/C15H12BrF3N4/c1-9(16)12-3-2-4-13-21-14(22-23(12)13)20-11-7-5-10(6-8-11)15(17,18)19/h2-9H,1H3,(H,20,22). The molecule has 0 fully saturated rings. The first kappa shape index (κ1) is 15.8. The van der Waals surface area contributed by atoms with E-state index in [2.05, 4.69) is 31.3 Å². The minimum Gasteiger partial charge on any atom is -0.323 e. The fourth-order valence-electron chi connectivity index (χ4n) is 2.15. The molecule has 0 bridgehead atoms. The Balaban J connectivity index is 1.88. The van der Waals surface area contributed by atoms with Crippen LogP contribution in [0.2, 0.25) is 0 Å². The lowest BCUT2D eigenvalue weighted by molar-refractivity contribution is -0.137. The van der Waals surface area contributed by atoms with Crippen LogP contribution >= 0.6 is 15.9 Å². The van der Waals surface area contributed by atoms with Crippen molar-refractivity contribution in [2.24, 2.45) is 0 Å². The molecule has 3 aromatic rings. The molecule has 0 radical (unpaired) electrons. The fourth-order valence-corrected chi connectivity index (χ4v) is 2.50. The molecule has 0 aliphatic carbocycles. The molecule has 2 aromatic heterocycles. The Morgan fingerprint density at radius 1 is 1.13 bits per heavy atom. The van der Waals surface area contributed by atoms with Gasteiger partial charge in [0.15, 0.2) is 5.65 Å². The lowest BCUT2D eigenvalue weighted by Crippen LogP contribution is -2.04. The SMILES string of the molecule is CC(Br)c1cccc2nc(Nc3ccc(C(F)(F)F)cc3)nn12. The van der Waals surface area contributed by atoms with E-state index in [1.807, 2.05) is 25.1 Å². The van der Waals surface area contributed by atoms with Crippen LogP contribution in [0.5, 0.6) is 0 Å². The van der Waals surface area contributed by atoms with Gasteiger partial charge in [0.05, 0.1) is 16.1 Å². The number of anilines is 2. The number of halogens is 4. The molecule has 0 amide bonds. The van der Waals surface area contributed by atoms with E-state index >= 15 is 0 Å². The van der Waals surface area contributed by atoms with Crippen molar-refractivity contribution in [2.75, 3.05) is 5.32 Å². The van der Waals surface area contributed by atoms with E-state index in [-0.39, 0.29) is 4.83 Å². The first-order valence-electron chi connectivity index (χ1n) is 6.78. The van der Waals surface area contributed by atoms with Gasteiger partial charge >= 0.3 is 6.18 Å². The second-order valence-corrected chi connectivity index (χ2v) is 6.35. The monoisotopic (exact) mass is 384 g/mol. The van der Waals surface area contributed by atoms with Gasteiger partial charge in [-0.15, -0.1) is 5.10 Å². The van der Waals surface area contributed by atoms with Gasteiger partial charge in [-0.2, -0.15) is 18.2 Å². The predicted octanol–water partition coefficient (Wildman–Crippen LogP) is 4.95. The number of pyridine rings is 1. The Labute approximate surface area is 138 Å². The van der Waals surface area contributed by atoms with Gasteiger partial charge in [-0.3, -0.25) is 0 Å². The number of rotatable bonds is 3. The summed E-state index contributed by atoms with van der Waals surface area (Å²) < 4.78 is 39.3. The highest BCUT2D eigenvalue weighted by Gasteiger charge is 2.29. The summed E-state index contributed by atoms with van der Waals surface area (Å²) in [4.78, 5) is 4.41. The molecule has 0 aliphatic rings. The van der Waals surface area contributed by atoms with E-state index in [4.69, 9.17) is 0 Å². The highest BCUT2D eigenvalue weighted by Crippen LogP contribution is 2.30. The fraction of sp³-hybridized carbons (Fsp3) is 0.200. The number of nitrogens with zero attached hydrogens (tertiary/aromatic N) is 3. The Bertz CT molecular complexity index is 825. The first-order valence-corrected chi connectivity index (χ1v) is 7.70. The van der Waals surface area contributed by atoms with E-state index in [0.29, 0.717) is 17.3 Å². The van der Waals surface area contributed by atoms with Gasteiger partial charge in [-0.1, -0.05) is 22.0 Å². The number of nitrogens with one attached hydrogen (secondary N) is 1. The van der Waals surface area contributed by atoms with Gasteiger partial charge in [0, 0.05) is 5.69 Å². The average molecular weight is 385 g/mol. The maximum Gasteiger partial charge on any atom is 0.416 e. The number of benzene rings is 1. The third-order valence-electron chi connectivity index (χ3n) is 3.26. The molecule has 1 N–H and O–H groups in total. The third kappa shape index (κ3) is 3.31. The van der Waals surface area contributed by atoms with E-state index in [1.165, 1.54) is 12.1 Å². The number of alkyl halides is 4. The van der Waals surface area contributed by atoms with Crippen molar-refractivity contribution in [1.82, 2.24) is 14.6 Å². The molecule has 2 heterocycles. The van der Waals surface area contributed by atoms with Crippen molar-refractivity contribution in [3.63, 3.8) is 0 Å². The van der Waals surface area contributed by atoms with Gasteiger partial charge in [0.1, 0.15) is 0 Å². The quantitative estimate of drug-likeness (QED) is 0.649. The normalized spacial score (nSPS) is 13.3. The summed E-state index contributed by atoms with van der Waals surface area (Å²) >= 11 is 3.49. The molecular formula is C15H12BrF3N4. The maximum absolute atomic E-state index is 12.6. The molecule has 4 nitrogen and oxygen atoms in total. The zero-order chi connectivity index (χ0) is 16.6. The summed E-state index contributed by atoms with van der Waals surface area (Å²) in [6, 6.07) is 10.3. The minimum absolute atomic E-state index is 0.0896. The molecule has 1 atom stereocenters. The van der Waals surface area contributed by atoms with E-state index in [1.54, 1.807) is 4.52 Å². The second-order valence-electron chi connectivity index (χ2n) is 4.97. The van der Waals surface area contributed by atoms with Crippen LogP contribution in [0.15, 0.2) is 42.5 Å². The van der Waals surface area contributed by atoms with Crippen LogP contribution in [0.3, 0.4) is 0 Å². The van der Waals surface area contributed by atoms with Gasteiger partial charge in [0.2, 0.25) is 5.95 Å². The third-order valence-corrected chi connectivity index (χ3v) is 3.73. The van der Waals surface area contributed by atoms with Crippen LogP contribution in [-0.4, -0.2) is 14.6 Å². The number of hydrogen-bond acceptors (Lipinski definition) is 3. The number of fused-ring (bicyclic) bond motifs is 1. The summed E-state index contributed by atoms with van der Waals surface area (Å²) in [6.45, 7) is 1.97. The van der Waals surface area contributed by atoms with Crippen LogP contribution in [0.1, 0.15) is 23.0 Å². The zero-order valence-corrected chi connectivity index (χ0v) is 13.6. The molecular weight excluding hydrogens is 373 g/mol. The smallest absolute Gasteiger partial charge is 0.323 e. The molecule has 0 saturated heterocycles. The molecule has 3 rings (SSSR count). The van der Waals surface area contributed by atoms with E-state index < -0.39 is 11.7 Å². The van der Waals surface area contributed by atoms with Crippen molar-refractivity contribution in [3.05, 3.63) is 53.7 Å². The first-order chi connectivity index (χ1) is 10.8. The highest BCUT2D eigenvalue weighted by molar-refractivity contribution is 9.09. The second kappa shape index (κ2) is 5.84. The van der Waals surface area contributed by atoms with Gasteiger partial charge in [-0.05, 0) is 43.3 Å². The Kier molecular flexibility index (Phi) is 4.01. The highest BCUT2D eigenvalue weighted by atomic mass is 79.9. The van der Waals surface area contributed by atoms with Crippen molar-refractivity contribution in [1.29, 1.82) is 0 Å². The summed E-state index contributed by atoms with van der Waals surface area (Å²) in [5, 5.41) is 7.26. The van der Waals surface area contributed by atoms with E-state index in [0.717, 1.165) is 17.8 Å². The van der Waals surface area contributed by atoms with Gasteiger partial charge in [0.25, 0.3) is 0 Å². The molecule has 120 valence electrons. The van der Waals surface area contributed by atoms with E-state index in [9.17, 15) is 13.2 Å². The summed E-state index contributed by atoms with van der Waals surface area (Å²) in [5.74, 6) is 0.324. The van der Waals surface area contributed by atoms with Crippen molar-refractivity contribution in [3.8, 4) is 0 Å². The zero-order valence-electron chi connectivity index (χ0n) is 12.0. The Morgan fingerprint density at radius 2 is 1.83 bits per heavy atom. The summed E-state index contributed by atoms with van der Waals surface area (Å²) in [5.41, 5.74) is 1.38. The van der Waals surface area contributed by atoms with Gasteiger partial charge in [-0.25, -0.2) is 4.52 Å². The lowest BCUT2D eigenvalue weighted by Gasteiger charge is -2.07. The molecule has 8 heteroatoms. The Hall–Kier alpha value is -2.09. The molecule has 0 spiro atoms. The molecule has 1 unspecified atom stereocenters. The maximum atomic E-state index is 12.6. The topological polar surface area (TPSA) is 42.2 Å². The van der Waals surface area contributed by atoms with Crippen molar-refractivity contribution < 1.29 is 13.2 Å². The molecule has 0 aliphatic heterocycles. The van der Waals surface area contributed by atoms with Crippen LogP contribution in [-0.2, 0) is 6.18 Å². The van der Waals surface area contributed by atoms with Crippen LogP contribution in [0.4, 0.5) is 24.8 Å². The average Bonchev–Trinajstić information content (AvgIpc) is 2.88. The van der Waals surface area contributed by atoms with Crippen LogP contribution < -0.4 is 5.32 Å². The van der Waals surface area contributed by atoms with Crippen molar-refractivity contribution >= 4 is 33.2 Å². The lowest BCUT2D eigenvalue weighted by atomic mass is 10.2. The van der Waals surface area contributed by atoms with Crippen LogP contribution in [0, 0.1) is 0 Å². The number of hydrogen-bond donors (Lipinski definition) is 1. The van der Waals surface area contributed by atoms with Gasteiger partial charge < -0.3 is 5.32 Å². The molecule has 0 saturated carbocycles. The summed E-state index contributed by atoms with van der Waals surface area (Å²) in [7, 11) is 0. The van der Waals surface area contributed by atoms with Crippen molar-refractivity contribution in [2.45, 2.75) is 17.9 Å².